The van der Waals surface area contributed by atoms with Crippen molar-refractivity contribution < 1.29 is 18.5 Å². The first kappa shape index (κ1) is 20.9. The number of alkyl halides is 2. The van der Waals surface area contributed by atoms with Crippen molar-refractivity contribution in [2.45, 2.75) is 46.1 Å². The average Bonchev–Trinajstić information content (AvgIpc) is 2.68. The van der Waals surface area contributed by atoms with Gasteiger partial charge >= 0.3 is 0 Å². The summed E-state index contributed by atoms with van der Waals surface area (Å²) in [7, 11) is 0. The summed E-state index contributed by atoms with van der Waals surface area (Å²) in [5.41, 5.74) is 3.89. The van der Waals surface area contributed by atoms with Crippen LogP contribution < -0.4 is 0 Å². The minimum atomic E-state index is -2.75. The maximum atomic E-state index is 13.9. The fourth-order valence-electron chi connectivity index (χ4n) is 4.43. The molecule has 0 radical (unpaired) electrons. The summed E-state index contributed by atoms with van der Waals surface area (Å²) in [6.07, 6.45) is 4.04. The second-order valence-corrected chi connectivity index (χ2v) is 8.72. The maximum absolute atomic E-state index is 13.9. The summed E-state index contributed by atoms with van der Waals surface area (Å²) in [5.74, 6) is -0.451. The number of benzene rings is 1. The summed E-state index contributed by atoms with van der Waals surface area (Å²) in [6.45, 7) is 7.93. The van der Waals surface area contributed by atoms with Gasteiger partial charge in [0, 0.05) is 34.5 Å². The van der Waals surface area contributed by atoms with E-state index in [0.717, 1.165) is 34.4 Å². The van der Waals surface area contributed by atoms with Crippen molar-refractivity contribution in [1.82, 2.24) is 4.90 Å². The Morgan fingerprint density at radius 1 is 1.10 bits per heavy atom. The number of carbonyl (C=O) groups excluding carboxylic acids is 1. The molecule has 7 heteroatoms. The van der Waals surface area contributed by atoms with Crippen molar-refractivity contribution >= 4 is 11.5 Å². The number of ketones is 1. The molecule has 0 saturated heterocycles. The molecule has 5 nitrogen and oxygen atoms in total. The van der Waals surface area contributed by atoms with E-state index in [4.69, 9.17) is 0 Å². The molecular weight excluding hydrogens is 402 g/mol. The molecular formula is C24H22F2N2O3. The molecule has 0 unspecified atom stereocenters. The van der Waals surface area contributed by atoms with Crippen molar-refractivity contribution in [3.8, 4) is 0 Å². The van der Waals surface area contributed by atoms with E-state index in [0.29, 0.717) is 12.1 Å². The molecule has 31 heavy (non-hydrogen) atoms. The van der Waals surface area contributed by atoms with Crippen molar-refractivity contribution in [1.29, 1.82) is 0 Å². The van der Waals surface area contributed by atoms with Gasteiger partial charge in [0.1, 0.15) is 0 Å². The summed E-state index contributed by atoms with van der Waals surface area (Å²) >= 11 is 0. The zero-order valence-electron chi connectivity index (χ0n) is 17.7. The van der Waals surface area contributed by atoms with Crippen LogP contribution in [0.5, 0.6) is 0 Å². The second kappa shape index (κ2) is 7.11. The number of rotatable bonds is 2. The first-order valence-corrected chi connectivity index (χ1v) is 9.94. The number of halogens is 2. The van der Waals surface area contributed by atoms with Crippen LogP contribution in [-0.4, -0.2) is 27.6 Å². The fraction of sp³-hybridized carbons (Fsp3) is 0.292. The van der Waals surface area contributed by atoms with Gasteiger partial charge in [-0.15, -0.1) is 0 Å². The highest BCUT2D eigenvalue weighted by atomic mass is 19.3. The van der Waals surface area contributed by atoms with E-state index in [1.165, 1.54) is 18.2 Å². The Morgan fingerprint density at radius 3 is 2.42 bits per heavy atom. The molecule has 0 bridgehead atoms. The Labute approximate surface area is 178 Å². The van der Waals surface area contributed by atoms with Crippen molar-refractivity contribution in [3.05, 3.63) is 97.4 Å². The number of hydrogen-bond acceptors (Lipinski definition) is 4. The molecule has 160 valence electrons. The second-order valence-electron chi connectivity index (χ2n) is 8.72. The van der Waals surface area contributed by atoms with Crippen LogP contribution in [0.1, 0.15) is 36.1 Å². The lowest BCUT2D eigenvalue weighted by molar-refractivity contribution is -0.419. The van der Waals surface area contributed by atoms with E-state index in [9.17, 15) is 23.7 Å². The molecule has 0 spiro atoms. The van der Waals surface area contributed by atoms with Gasteiger partial charge in [0.25, 0.3) is 12.1 Å². The lowest BCUT2D eigenvalue weighted by Gasteiger charge is -2.49. The fourth-order valence-corrected chi connectivity index (χ4v) is 4.43. The Kier molecular flexibility index (Phi) is 4.80. The van der Waals surface area contributed by atoms with Crippen molar-refractivity contribution in [3.63, 3.8) is 0 Å². The molecule has 2 aliphatic heterocycles. The van der Waals surface area contributed by atoms with Crippen LogP contribution in [0.15, 0.2) is 65.1 Å². The van der Waals surface area contributed by atoms with E-state index in [1.807, 2.05) is 38.7 Å². The van der Waals surface area contributed by atoms with E-state index in [2.05, 4.69) is 6.07 Å². The Bertz CT molecular complexity index is 1180. The molecule has 0 saturated carbocycles. The molecule has 3 aliphatic rings. The summed E-state index contributed by atoms with van der Waals surface area (Å²) < 4.78 is 27.7. The monoisotopic (exact) mass is 424 g/mol. The molecule has 1 aliphatic carbocycles. The molecule has 2 heterocycles. The number of hydrogen-bond donors (Lipinski definition) is 0. The highest BCUT2D eigenvalue weighted by Crippen LogP contribution is 2.46. The van der Waals surface area contributed by atoms with Crippen LogP contribution in [0.2, 0.25) is 0 Å². The molecule has 1 aromatic carbocycles. The summed E-state index contributed by atoms with van der Waals surface area (Å²) in [4.78, 5) is 25.3. The van der Waals surface area contributed by atoms with Gasteiger partial charge in [-0.05, 0) is 75.1 Å². The largest absolute Gasteiger partial charge is 0.334 e. The highest BCUT2D eigenvalue weighted by molar-refractivity contribution is 6.08. The number of nitro groups is 1. The van der Waals surface area contributed by atoms with Crippen molar-refractivity contribution in [2.24, 2.45) is 0 Å². The molecule has 0 N–H and O–H groups in total. The van der Waals surface area contributed by atoms with Crippen molar-refractivity contribution in [2.75, 3.05) is 0 Å². The van der Waals surface area contributed by atoms with E-state index >= 15 is 0 Å². The number of carbonyl (C=O) groups is 1. The first-order valence-electron chi connectivity index (χ1n) is 9.94. The van der Waals surface area contributed by atoms with Gasteiger partial charge in [0.2, 0.25) is 0 Å². The standard InChI is InChI=1S/C24H22F2N2O3/c1-13-7-16-12-24(3,4)27-20(18(16)8-14(13)2)9-15(23(25)26)10-21(27)19-11-17(28(30)31)5-6-22(19)29/h5-11,23H,12H2,1-4H3/b21-19+. The van der Waals surface area contributed by atoms with Gasteiger partial charge in [-0.2, -0.15) is 0 Å². The quantitative estimate of drug-likeness (QED) is 0.379. The normalized spacial score (nSPS) is 22.0. The van der Waals surface area contributed by atoms with Crippen LogP contribution in [0.25, 0.3) is 5.70 Å². The minimum absolute atomic E-state index is 0.0401. The summed E-state index contributed by atoms with van der Waals surface area (Å²) in [6, 6.07) is 4.06. The highest BCUT2D eigenvalue weighted by Gasteiger charge is 2.41. The first-order chi connectivity index (χ1) is 14.5. The minimum Gasteiger partial charge on any atom is -0.334 e. The predicted molar refractivity (Wildman–Crippen MR) is 114 cm³/mol. The molecule has 0 amide bonds. The van der Waals surface area contributed by atoms with E-state index in [1.54, 1.807) is 0 Å². The van der Waals surface area contributed by atoms with E-state index in [-0.39, 0.29) is 22.5 Å². The lowest BCUT2D eigenvalue weighted by atomic mass is 9.79. The molecule has 0 aromatic heterocycles. The number of allylic oxidation sites excluding steroid dienone is 7. The Balaban J connectivity index is 2.03. The smallest absolute Gasteiger partial charge is 0.270 e. The number of aryl methyl sites for hydroxylation is 2. The average molecular weight is 424 g/mol. The van der Waals surface area contributed by atoms with Gasteiger partial charge in [-0.1, -0.05) is 6.07 Å². The molecule has 0 fully saturated rings. The van der Waals surface area contributed by atoms with Gasteiger partial charge in [-0.25, -0.2) is 8.78 Å². The van der Waals surface area contributed by atoms with Crippen LogP contribution in [0, 0.1) is 24.0 Å². The third-order valence-corrected chi connectivity index (χ3v) is 6.01. The van der Waals surface area contributed by atoms with Gasteiger partial charge in [0.15, 0.2) is 5.78 Å². The van der Waals surface area contributed by atoms with Crippen LogP contribution in [-0.2, 0) is 11.2 Å². The van der Waals surface area contributed by atoms with Crippen LogP contribution >= 0.6 is 0 Å². The zero-order valence-corrected chi connectivity index (χ0v) is 17.7. The van der Waals surface area contributed by atoms with Crippen LogP contribution in [0.4, 0.5) is 8.78 Å². The topological polar surface area (TPSA) is 63.5 Å². The third-order valence-electron chi connectivity index (χ3n) is 6.01. The van der Waals surface area contributed by atoms with Gasteiger partial charge in [0.05, 0.1) is 16.2 Å². The SMILES string of the molecule is Cc1cc2c(cc1C)C1=CC(C(F)F)=C/C(=C3/C=C([N+](=O)[O-])C=CC3=O)N1C(C)(C)C2. The maximum Gasteiger partial charge on any atom is 0.270 e. The van der Waals surface area contributed by atoms with Crippen LogP contribution in [0.3, 0.4) is 0 Å². The van der Waals surface area contributed by atoms with E-state index < -0.39 is 22.7 Å². The molecule has 4 rings (SSSR count). The predicted octanol–water partition coefficient (Wildman–Crippen LogP) is 5.04. The van der Waals surface area contributed by atoms with Gasteiger partial charge < -0.3 is 4.90 Å². The molecule has 1 aromatic rings. The zero-order chi connectivity index (χ0) is 22.7. The number of fused-ring (bicyclic) bond motifs is 3. The Morgan fingerprint density at radius 2 is 1.77 bits per heavy atom. The third kappa shape index (κ3) is 3.44. The molecule has 0 atom stereocenters. The number of nitrogens with zero attached hydrogens (tertiary/aromatic N) is 2. The Hall–Kier alpha value is -3.35. The van der Waals surface area contributed by atoms with Gasteiger partial charge in [-0.3, -0.25) is 14.9 Å². The lowest BCUT2D eigenvalue weighted by Crippen LogP contribution is -2.48. The summed E-state index contributed by atoms with van der Waals surface area (Å²) in [5, 5.41) is 11.3.